The number of methoxy groups -OCH3 is 2. The van der Waals surface area contributed by atoms with E-state index in [1.54, 1.807) is 37.3 Å². The van der Waals surface area contributed by atoms with E-state index in [1.807, 2.05) is 0 Å². The molecule has 2 aromatic rings. The molecular formula is C18H21N5O4. The van der Waals surface area contributed by atoms with Crippen molar-refractivity contribution in [3.63, 3.8) is 0 Å². The highest BCUT2D eigenvalue weighted by Crippen LogP contribution is 2.31. The van der Waals surface area contributed by atoms with Gasteiger partial charge in [-0.3, -0.25) is 0 Å². The number of nitrogens with zero attached hydrogens (tertiary/aromatic N) is 4. The molecule has 0 spiro atoms. The van der Waals surface area contributed by atoms with Crippen molar-refractivity contribution in [3.05, 3.63) is 24.1 Å². The lowest BCUT2D eigenvalue weighted by Gasteiger charge is -2.29. The maximum absolute atomic E-state index is 12.2. The number of hydrogen-bond acceptors (Lipinski definition) is 7. The Morgan fingerprint density at radius 2 is 2.22 bits per heavy atom. The molecule has 1 aliphatic rings. The lowest BCUT2D eigenvalue weighted by atomic mass is 10.0. The number of nitriles is 1. The molecule has 0 aliphatic carbocycles. The molecule has 1 aromatic carbocycles. The number of amides is 2. The maximum Gasteiger partial charge on any atom is 0.317 e. The second kappa shape index (κ2) is 8.40. The molecule has 0 bridgehead atoms. The Labute approximate surface area is 156 Å². The third-order valence-corrected chi connectivity index (χ3v) is 4.39. The first-order valence-corrected chi connectivity index (χ1v) is 8.62. The number of carbonyl (C=O) groups is 1. The molecule has 142 valence electrons. The molecule has 1 aliphatic heterocycles. The molecule has 1 N–H and O–H groups in total. The van der Waals surface area contributed by atoms with Gasteiger partial charge < -0.3 is 24.2 Å². The predicted octanol–water partition coefficient (Wildman–Crippen LogP) is 2.20. The zero-order valence-electron chi connectivity index (χ0n) is 15.3. The molecule has 2 heterocycles. The van der Waals surface area contributed by atoms with E-state index in [9.17, 15) is 4.79 Å². The molecule has 1 aromatic heterocycles. The number of aromatic nitrogens is 2. The van der Waals surface area contributed by atoms with Gasteiger partial charge in [0.05, 0.1) is 32.8 Å². The summed E-state index contributed by atoms with van der Waals surface area (Å²) in [7, 11) is 3.12. The van der Waals surface area contributed by atoms with Crippen molar-refractivity contribution >= 4 is 6.03 Å². The molecule has 0 radical (unpaired) electrons. The molecule has 0 saturated carbocycles. The Morgan fingerprint density at radius 3 is 2.96 bits per heavy atom. The Bertz CT molecular complexity index is 845. The van der Waals surface area contributed by atoms with Crippen LogP contribution in [0.4, 0.5) is 4.79 Å². The van der Waals surface area contributed by atoms with E-state index in [-0.39, 0.29) is 18.5 Å². The van der Waals surface area contributed by atoms with Gasteiger partial charge in [-0.2, -0.15) is 10.2 Å². The van der Waals surface area contributed by atoms with E-state index in [2.05, 4.69) is 21.5 Å². The van der Waals surface area contributed by atoms with Crippen LogP contribution in [-0.4, -0.2) is 48.4 Å². The Morgan fingerprint density at radius 1 is 1.41 bits per heavy atom. The van der Waals surface area contributed by atoms with Gasteiger partial charge >= 0.3 is 6.03 Å². The van der Waals surface area contributed by atoms with Crippen molar-refractivity contribution < 1.29 is 18.8 Å². The van der Waals surface area contributed by atoms with Crippen LogP contribution in [0.15, 0.2) is 22.7 Å². The fourth-order valence-corrected chi connectivity index (χ4v) is 2.95. The van der Waals surface area contributed by atoms with Crippen molar-refractivity contribution in [2.75, 3.05) is 27.3 Å². The molecule has 1 saturated heterocycles. The molecule has 1 fully saturated rings. The minimum absolute atomic E-state index is 0.107. The van der Waals surface area contributed by atoms with Gasteiger partial charge in [-0.15, -0.1) is 0 Å². The first-order valence-electron chi connectivity index (χ1n) is 8.62. The standard InChI is InChI=1S/C18H21N5O4/c1-25-14-6-5-13(8-15(14)26-2)17-21-16(27-22-17)10-20-18(24)23-7-3-4-12(9-19)11-23/h5-6,8,12H,3-4,7,10-11H2,1-2H3,(H,20,24). The van der Waals surface area contributed by atoms with Gasteiger partial charge in [0.2, 0.25) is 11.7 Å². The van der Waals surface area contributed by atoms with Gasteiger partial charge in [0.1, 0.15) is 0 Å². The minimum atomic E-state index is -0.235. The number of rotatable bonds is 5. The summed E-state index contributed by atoms with van der Waals surface area (Å²) in [4.78, 5) is 18.2. The van der Waals surface area contributed by atoms with Crippen LogP contribution in [0.1, 0.15) is 18.7 Å². The van der Waals surface area contributed by atoms with E-state index < -0.39 is 0 Å². The van der Waals surface area contributed by atoms with Gasteiger partial charge in [-0.1, -0.05) is 5.16 Å². The number of hydrogen-bond donors (Lipinski definition) is 1. The molecule has 1 atom stereocenters. The zero-order chi connectivity index (χ0) is 19.2. The third kappa shape index (κ3) is 4.28. The van der Waals surface area contributed by atoms with Crippen molar-refractivity contribution in [1.82, 2.24) is 20.4 Å². The van der Waals surface area contributed by atoms with Crippen LogP contribution in [0.2, 0.25) is 0 Å². The number of urea groups is 1. The molecule has 1 unspecified atom stereocenters. The largest absolute Gasteiger partial charge is 0.493 e. The third-order valence-electron chi connectivity index (χ3n) is 4.39. The molecule has 27 heavy (non-hydrogen) atoms. The van der Waals surface area contributed by atoms with Crippen molar-refractivity contribution in [3.8, 4) is 29.0 Å². The second-order valence-electron chi connectivity index (χ2n) is 6.15. The summed E-state index contributed by atoms with van der Waals surface area (Å²) in [6, 6.07) is 7.29. The van der Waals surface area contributed by atoms with E-state index in [4.69, 9.17) is 19.3 Å². The second-order valence-corrected chi connectivity index (χ2v) is 6.15. The summed E-state index contributed by atoms with van der Waals surface area (Å²) in [5.74, 6) is 1.75. The summed E-state index contributed by atoms with van der Waals surface area (Å²) >= 11 is 0. The van der Waals surface area contributed by atoms with Gasteiger partial charge in [0.15, 0.2) is 11.5 Å². The Balaban J connectivity index is 1.61. The van der Waals surface area contributed by atoms with Crippen LogP contribution in [0.3, 0.4) is 0 Å². The van der Waals surface area contributed by atoms with Crippen LogP contribution in [0.5, 0.6) is 11.5 Å². The van der Waals surface area contributed by atoms with Gasteiger partial charge in [0.25, 0.3) is 0 Å². The molecular weight excluding hydrogens is 350 g/mol. The number of benzene rings is 1. The quantitative estimate of drug-likeness (QED) is 0.857. The highest BCUT2D eigenvalue weighted by molar-refractivity contribution is 5.74. The summed E-state index contributed by atoms with van der Waals surface area (Å²) < 4.78 is 15.7. The predicted molar refractivity (Wildman–Crippen MR) is 95.0 cm³/mol. The number of likely N-dealkylation sites (tertiary alicyclic amines) is 1. The number of ether oxygens (including phenoxy) is 2. The number of piperidine rings is 1. The lowest BCUT2D eigenvalue weighted by Crippen LogP contribution is -2.45. The van der Waals surface area contributed by atoms with Gasteiger partial charge in [-0.25, -0.2) is 4.79 Å². The SMILES string of the molecule is COc1ccc(-c2noc(CNC(=O)N3CCCC(C#N)C3)n2)cc1OC. The Kier molecular flexibility index (Phi) is 5.76. The molecule has 3 rings (SSSR count). The van der Waals surface area contributed by atoms with E-state index in [1.165, 1.54) is 0 Å². The molecule has 9 heteroatoms. The Hall–Kier alpha value is -3.28. The van der Waals surface area contributed by atoms with E-state index in [0.29, 0.717) is 41.9 Å². The van der Waals surface area contributed by atoms with Crippen LogP contribution in [-0.2, 0) is 6.54 Å². The first kappa shape index (κ1) is 18.5. The summed E-state index contributed by atoms with van der Waals surface area (Å²) in [5, 5.41) is 15.7. The average molecular weight is 371 g/mol. The van der Waals surface area contributed by atoms with Crippen molar-refractivity contribution in [2.45, 2.75) is 19.4 Å². The lowest BCUT2D eigenvalue weighted by molar-refractivity contribution is 0.174. The number of nitrogens with one attached hydrogen (secondary N) is 1. The molecule has 2 amide bonds. The summed E-state index contributed by atoms with van der Waals surface area (Å²) in [5.41, 5.74) is 0.710. The van der Waals surface area contributed by atoms with Crippen LogP contribution >= 0.6 is 0 Å². The smallest absolute Gasteiger partial charge is 0.317 e. The van der Waals surface area contributed by atoms with Gasteiger partial charge in [0, 0.05) is 18.7 Å². The maximum atomic E-state index is 12.2. The van der Waals surface area contributed by atoms with Crippen molar-refractivity contribution in [1.29, 1.82) is 5.26 Å². The topological polar surface area (TPSA) is 114 Å². The number of carbonyl (C=O) groups excluding carboxylic acids is 1. The fraction of sp³-hybridized carbons (Fsp3) is 0.444. The normalized spacial score (nSPS) is 16.5. The first-order chi connectivity index (χ1) is 13.1. The summed E-state index contributed by atoms with van der Waals surface area (Å²) in [6.45, 7) is 1.21. The highest BCUT2D eigenvalue weighted by atomic mass is 16.5. The van der Waals surface area contributed by atoms with Crippen LogP contribution in [0.25, 0.3) is 11.4 Å². The van der Waals surface area contributed by atoms with E-state index >= 15 is 0 Å². The zero-order valence-corrected chi connectivity index (χ0v) is 15.3. The average Bonchev–Trinajstić information content (AvgIpc) is 3.20. The fourth-order valence-electron chi connectivity index (χ4n) is 2.95. The summed E-state index contributed by atoms with van der Waals surface area (Å²) in [6.07, 6.45) is 1.66. The van der Waals surface area contributed by atoms with Gasteiger partial charge in [-0.05, 0) is 31.0 Å². The van der Waals surface area contributed by atoms with Crippen LogP contribution < -0.4 is 14.8 Å². The minimum Gasteiger partial charge on any atom is -0.493 e. The van der Waals surface area contributed by atoms with Crippen molar-refractivity contribution in [2.24, 2.45) is 5.92 Å². The van der Waals surface area contributed by atoms with E-state index in [0.717, 1.165) is 12.8 Å². The highest BCUT2D eigenvalue weighted by Gasteiger charge is 2.23. The monoisotopic (exact) mass is 371 g/mol. The molecule has 9 nitrogen and oxygen atoms in total. The van der Waals surface area contributed by atoms with Crippen LogP contribution in [0, 0.1) is 17.2 Å².